The fourth-order valence-corrected chi connectivity index (χ4v) is 2.94. The molecule has 0 aliphatic heterocycles. The van der Waals surface area contributed by atoms with Crippen molar-refractivity contribution in [3.8, 4) is 28.6 Å². The Kier molecular flexibility index (Phi) is 5.40. The van der Waals surface area contributed by atoms with Crippen LogP contribution in [0.5, 0.6) is 11.6 Å². The molecule has 0 unspecified atom stereocenters. The standard InChI is InChI=1S/C19H17Cl2N3O4/c1-22(2)19(27)28-13-7-4-11(5-8-13)16-17(25)24(18(26)23(16)3)12-6-9-14(20)15(21)10-12/h4-10,25H,1-3H3. The molecule has 0 saturated heterocycles. The number of imidazole rings is 1. The van der Waals surface area contributed by atoms with Crippen LogP contribution in [0, 0.1) is 0 Å². The van der Waals surface area contributed by atoms with E-state index in [1.165, 1.54) is 15.5 Å². The largest absolute Gasteiger partial charge is 0.493 e. The molecule has 3 rings (SSSR count). The third-order valence-electron chi connectivity index (χ3n) is 4.10. The SMILES string of the molecule is CN(C)C(=O)Oc1ccc(-c2c(O)n(-c3ccc(Cl)c(Cl)c3)c(=O)n2C)cc1. The first-order valence-electron chi connectivity index (χ1n) is 8.16. The van der Waals surface area contributed by atoms with Gasteiger partial charge in [0.2, 0.25) is 5.88 Å². The lowest BCUT2D eigenvalue weighted by molar-refractivity contribution is 0.172. The Morgan fingerprint density at radius 1 is 1.07 bits per heavy atom. The Morgan fingerprint density at radius 2 is 1.71 bits per heavy atom. The first kappa shape index (κ1) is 19.9. The van der Waals surface area contributed by atoms with E-state index in [1.54, 1.807) is 57.5 Å². The molecule has 146 valence electrons. The second-order valence-electron chi connectivity index (χ2n) is 6.23. The van der Waals surface area contributed by atoms with Crippen LogP contribution < -0.4 is 10.4 Å². The van der Waals surface area contributed by atoms with Crippen molar-refractivity contribution < 1.29 is 14.6 Å². The molecule has 0 fully saturated rings. The van der Waals surface area contributed by atoms with Crippen LogP contribution in [0.3, 0.4) is 0 Å². The third kappa shape index (κ3) is 3.58. The van der Waals surface area contributed by atoms with Crippen LogP contribution in [0.1, 0.15) is 0 Å². The van der Waals surface area contributed by atoms with Gasteiger partial charge in [-0.1, -0.05) is 23.2 Å². The number of hydrogen-bond donors (Lipinski definition) is 1. The minimum Gasteiger partial charge on any atom is -0.493 e. The van der Waals surface area contributed by atoms with Crippen molar-refractivity contribution in [2.75, 3.05) is 14.1 Å². The van der Waals surface area contributed by atoms with Gasteiger partial charge in [-0.25, -0.2) is 14.2 Å². The van der Waals surface area contributed by atoms with Crippen molar-refractivity contribution in [1.82, 2.24) is 14.0 Å². The lowest BCUT2D eigenvalue weighted by Gasteiger charge is -2.11. The first-order valence-corrected chi connectivity index (χ1v) is 8.92. The highest BCUT2D eigenvalue weighted by Crippen LogP contribution is 2.32. The third-order valence-corrected chi connectivity index (χ3v) is 4.84. The average Bonchev–Trinajstić information content (AvgIpc) is 2.87. The maximum absolute atomic E-state index is 12.7. The summed E-state index contributed by atoms with van der Waals surface area (Å²) in [6.45, 7) is 0. The summed E-state index contributed by atoms with van der Waals surface area (Å²) >= 11 is 12.0. The number of carbonyl (C=O) groups excluding carboxylic acids is 1. The van der Waals surface area contributed by atoms with Crippen molar-refractivity contribution in [2.24, 2.45) is 7.05 Å². The number of hydrogen-bond acceptors (Lipinski definition) is 4. The number of carbonyl (C=O) groups is 1. The highest BCUT2D eigenvalue weighted by Gasteiger charge is 2.20. The highest BCUT2D eigenvalue weighted by atomic mass is 35.5. The molecule has 0 radical (unpaired) electrons. The van der Waals surface area contributed by atoms with Gasteiger partial charge in [-0.15, -0.1) is 0 Å². The number of benzene rings is 2. The summed E-state index contributed by atoms with van der Waals surface area (Å²) in [5.74, 6) is 0.0970. The van der Waals surface area contributed by atoms with Crippen LogP contribution in [-0.4, -0.2) is 39.3 Å². The number of ether oxygens (including phenoxy) is 1. The van der Waals surface area contributed by atoms with E-state index in [1.807, 2.05) is 0 Å². The van der Waals surface area contributed by atoms with Crippen LogP contribution in [0.2, 0.25) is 10.0 Å². The van der Waals surface area contributed by atoms with Crippen molar-refractivity contribution in [3.05, 3.63) is 63.0 Å². The lowest BCUT2D eigenvalue weighted by Crippen LogP contribution is -2.25. The van der Waals surface area contributed by atoms with E-state index in [-0.39, 0.29) is 10.9 Å². The van der Waals surface area contributed by atoms with Gasteiger partial charge in [0.25, 0.3) is 0 Å². The van der Waals surface area contributed by atoms with Crippen molar-refractivity contribution in [3.63, 3.8) is 0 Å². The topological polar surface area (TPSA) is 76.7 Å². The minimum atomic E-state index is -0.506. The summed E-state index contributed by atoms with van der Waals surface area (Å²) in [6.07, 6.45) is -0.506. The molecular formula is C19H17Cl2N3O4. The molecule has 1 heterocycles. The Bertz CT molecular complexity index is 1100. The maximum atomic E-state index is 12.7. The molecule has 7 nitrogen and oxygen atoms in total. The molecule has 1 amide bonds. The summed E-state index contributed by atoms with van der Waals surface area (Å²) < 4.78 is 7.63. The smallest absolute Gasteiger partial charge is 0.414 e. The molecule has 28 heavy (non-hydrogen) atoms. The molecule has 0 saturated carbocycles. The van der Waals surface area contributed by atoms with E-state index in [4.69, 9.17) is 27.9 Å². The Morgan fingerprint density at radius 3 is 2.29 bits per heavy atom. The van der Waals surface area contributed by atoms with Crippen molar-refractivity contribution >= 4 is 29.3 Å². The van der Waals surface area contributed by atoms with Gasteiger partial charge in [0.15, 0.2) is 0 Å². The summed E-state index contributed by atoms with van der Waals surface area (Å²) in [5, 5.41) is 11.3. The Hall–Kier alpha value is -2.90. The van der Waals surface area contributed by atoms with E-state index in [0.717, 1.165) is 4.57 Å². The fourth-order valence-electron chi connectivity index (χ4n) is 2.64. The second-order valence-corrected chi connectivity index (χ2v) is 7.05. The van der Waals surface area contributed by atoms with Crippen molar-refractivity contribution in [1.29, 1.82) is 0 Å². The van der Waals surface area contributed by atoms with Gasteiger partial charge in [-0.2, -0.15) is 0 Å². The van der Waals surface area contributed by atoms with Gasteiger partial charge in [-0.05, 0) is 42.5 Å². The molecule has 3 aromatic rings. The monoisotopic (exact) mass is 421 g/mol. The maximum Gasteiger partial charge on any atom is 0.414 e. The predicted molar refractivity (Wildman–Crippen MR) is 108 cm³/mol. The van der Waals surface area contributed by atoms with Gasteiger partial charge in [-0.3, -0.25) is 4.57 Å². The number of aromatic nitrogens is 2. The van der Waals surface area contributed by atoms with E-state index in [0.29, 0.717) is 27.7 Å². The van der Waals surface area contributed by atoms with Crippen LogP contribution >= 0.6 is 23.2 Å². The number of halogens is 2. The quantitative estimate of drug-likeness (QED) is 0.695. The second kappa shape index (κ2) is 7.61. The summed E-state index contributed by atoms with van der Waals surface area (Å²) in [5.41, 5.74) is 0.811. The Balaban J connectivity index is 2.03. The van der Waals surface area contributed by atoms with Crippen LogP contribution in [0.4, 0.5) is 4.79 Å². The zero-order valence-electron chi connectivity index (χ0n) is 15.3. The molecule has 0 spiro atoms. The van der Waals surface area contributed by atoms with Gasteiger partial charge in [0.05, 0.1) is 15.7 Å². The van der Waals surface area contributed by atoms with Gasteiger partial charge in [0, 0.05) is 26.7 Å². The zero-order valence-corrected chi connectivity index (χ0v) is 16.8. The van der Waals surface area contributed by atoms with E-state index in [9.17, 15) is 14.7 Å². The van der Waals surface area contributed by atoms with Gasteiger partial charge < -0.3 is 14.7 Å². The first-order chi connectivity index (χ1) is 13.2. The Labute approximate surface area is 170 Å². The molecule has 0 bridgehead atoms. The van der Waals surface area contributed by atoms with Crippen LogP contribution in [0.25, 0.3) is 16.9 Å². The number of nitrogens with zero attached hydrogens (tertiary/aromatic N) is 3. The molecular weight excluding hydrogens is 405 g/mol. The highest BCUT2D eigenvalue weighted by molar-refractivity contribution is 6.42. The minimum absolute atomic E-state index is 0.246. The van der Waals surface area contributed by atoms with Crippen molar-refractivity contribution in [2.45, 2.75) is 0 Å². The predicted octanol–water partition coefficient (Wildman–Crippen LogP) is 3.92. The van der Waals surface area contributed by atoms with Gasteiger partial charge >= 0.3 is 11.8 Å². The molecule has 0 atom stereocenters. The number of amides is 1. The molecule has 0 aliphatic carbocycles. The normalized spacial score (nSPS) is 10.8. The van der Waals surface area contributed by atoms with E-state index in [2.05, 4.69) is 0 Å². The van der Waals surface area contributed by atoms with Gasteiger partial charge in [0.1, 0.15) is 11.4 Å². The molecule has 1 N–H and O–H groups in total. The lowest BCUT2D eigenvalue weighted by atomic mass is 10.1. The number of rotatable bonds is 3. The van der Waals surface area contributed by atoms with Crippen LogP contribution in [0.15, 0.2) is 47.3 Å². The summed E-state index contributed by atoms with van der Waals surface area (Å²) in [4.78, 5) is 25.6. The molecule has 9 heteroatoms. The molecule has 2 aromatic carbocycles. The summed E-state index contributed by atoms with van der Waals surface area (Å²) in [7, 11) is 4.71. The van der Waals surface area contributed by atoms with E-state index >= 15 is 0 Å². The average molecular weight is 422 g/mol. The fraction of sp³-hybridized carbons (Fsp3) is 0.158. The zero-order chi connectivity index (χ0) is 20.6. The molecule has 0 aliphatic rings. The molecule has 1 aromatic heterocycles. The van der Waals surface area contributed by atoms with E-state index < -0.39 is 11.8 Å². The summed E-state index contributed by atoms with van der Waals surface area (Å²) in [6, 6.07) is 11.1. The number of aromatic hydroxyl groups is 1. The van der Waals surface area contributed by atoms with Crippen LogP contribution in [-0.2, 0) is 7.05 Å².